The third-order valence-corrected chi connectivity index (χ3v) is 3.93. The van der Waals surface area contributed by atoms with Crippen molar-refractivity contribution in [1.29, 1.82) is 0 Å². The average Bonchev–Trinajstić information content (AvgIpc) is 2.92. The highest BCUT2D eigenvalue weighted by atomic mass is 16.6. The van der Waals surface area contributed by atoms with Gasteiger partial charge < -0.3 is 15.2 Å². The highest BCUT2D eigenvalue weighted by Crippen LogP contribution is 2.36. The van der Waals surface area contributed by atoms with Crippen LogP contribution in [0.2, 0.25) is 0 Å². The van der Waals surface area contributed by atoms with Crippen LogP contribution >= 0.6 is 0 Å². The van der Waals surface area contributed by atoms with E-state index < -0.39 is 10.9 Å². The van der Waals surface area contributed by atoms with Gasteiger partial charge in [0.25, 0.3) is 0 Å². The van der Waals surface area contributed by atoms with Crippen molar-refractivity contribution in [1.82, 2.24) is 0 Å². The van der Waals surface area contributed by atoms with E-state index >= 15 is 0 Å². The van der Waals surface area contributed by atoms with Crippen LogP contribution in [0, 0.1) is 22.0 Å². The summed E-state index contributed by atoms with van der Waals surface area (Å²) < 4.78 is 5.00. The second-order valence-electron chi connectivity index (χ2n) is 5.13. The monoisotopic (exact) mass is 294 g/mol. The molecule has 1 saturated carbocycles. The smallest absolute Gasteiger partial charge is 0.333 e. The fourth-order valence-electron chi connectivity index (χ4n) is 2.87. The molecule has 7 heteroatoms. The lowest BCUT2D eigenvalue weighted by Crippen LogP contribution is -2.24. The lowest BCUT2D eigenvalue weighted by Gasteiger charge is -2.17. The molecule has 1 aromatic carbocycles. The maximum atomic E-state index is 11.2. The minimum atomic E-state index is -0.792. The third-order valence-electron chi connectivity index (χ3n) is 3.93. The molecule has 0 aliphatic heterocycles. The van der Waals surface area contributed by atoms with E-state index in [-0.39, 0.29) is 23.3 Å². The van der Waals surface area contributed by atoms with E-state index in [1.807, 2.05) is 0 Å². The molecule has 1 aliphatic carbocycles. The first-order chi connectivity index (χ1) is 10.0. The van der Waals surface area contributed by atoms with Gasteiger partial charge in [-0.2, -0.15) is 0 Å². The Kier molecular flexibility index (Phi) is 4.62. The van der Waals surface area contributed by atoms with Crippen LogP contribution < -0.4 is 10.1 Å². The molecule has 21 heavy (non-hydrogen) atoms. The van der Waals surface area contributed by atoms with Gasteiger partial charge in [0, 0.05) is 6.54 Å². The molecule has 0 heterocycles. The summed E-state index contributed by atoms with van der Waals surface area (Å²) in [5.74, 6) is -0.985. The molecule has 0 radical (unpaired) electrons. The molecule has 0 amide bonds. The number of nitro groups is 1. The number of nitrogens with zero attached hydrogens (tertiary/aromatic N) is 1. The Hall–Kier alpha value is -2.31. The first-order valence-corrected chi connectivity index (χ1v) is 6.82. The molecule has 1 aliphatic rings. The van der Waals surface area contributed by atoms with Crippen molar-refractivity contribution in [3.8, 4) is 5.75 Å². The van der Waals surface area contributed by atoms with Gasteiger partial charge in [0.05, 0.1) is 18.0 Å². The van der Waals surface area contributed by atoms with E-state index in [1.165, 1.54) is 13.2 Å². The molecule has 0 aromatic heterocycles. The van der Waals surface area contributed by atoms with Crippen LogP contribution in [0.3, 0.4) is 0 Å². The summed E-state index contributed by atoms with van der Waals surface area (Å²) in [4.78, 5) is 21.8. The predicted molar refractivity (Wildman–Crippen MR) is 76.6 cm³/mol. The first-order valence-electron chi connectivity index (χ1n) is 6.82. The van der Waals surface area contributed by atoms with Crippen molar-refractivity contribution < 1.29 is 19.6 Å². The molecule has 0 spiro atoms. The lowest BCUT2D eigenvalue weighted by molar-refractivity contribution is -0.384. The summed E-state index contributed by atoms with van der Waals surface area (Å²) in [5.41, 5.74) is 0.236. The summed E-state index contributed by atoms with van der Waals surface area (Å²) in [6.07, 6.45) is 2.37. The van der Waals surface area contributed by atoms with Crippen LogP contribution in [-0.2, 0) is 4.79 Å². The number of ether oxygens (including phenoxy) is 1. The average molecular weight is 294 g/mol. The molecule has 2 N–H and O–H groups in total. The van der Waals surface area contributed by atoms with Gasteiger partial charge in [0.1, 0.15) is 5.69 Å². The number of methoxy groups -OCH3 is 1. The second-order valence-corrected chi connectivity index (χ2v) is 5.13. The highest BCUT2D eigenvalue weighted by Gasteiger charge is 2.33. The Morgan fingerprint density at radius 3 is 2.90 bits per heavy atom. The Morgan fingerprint density at radius 2 is 2.29 bits per heavy atom. The van der Waals surface area contributed by atoms with Crippen LogP contribution in [0.4, 0.5) is 11.4 Å². The molecule has 0 bridgehead atoms. The van der Waals surface area contributed by atoms with Gasteiger partial charge >= 0.3 is 11.7 Å². The molecule has 2 atom stereocenters. The lowest BCUT2D eigenvalue weighted by atomic mass is 9.96. The van der Waals surface area contributed by atoms with E-state index in [2.05, 4.69) is 5.32 Å². The molecule has 0 saturated heterocycles. The normalized spacial score (nSPS) is 21.0. The van der Waals surface area contributed by atoms with Gasteiger partial charge in [0.2, 0.25) is 0 Å². The number of benzene rings is 1. The minimum absolute atomic E-state index is 0.00620. The number of rotatable bonds is 6. The van der Waals surface area contributed by atoms with Crippen LogP contribution in [0.1, 0.15) is 19.3 Å². The molecule has 2 rings (SSSR count). The number of carboxylic acid groups (broad SMARTS) is 1. The Bertz CT molecular complexity index is 546. The zero-order valence-electron chi connectivity index (χ0n) is 11.7. The Balaban J connectivity index is 2.13. The standard InChI is InChI=1S/C14H18N2O5/c1-21-12-7-3-6-11(13(12)16(19)20)15-8-9-4-2-5-10(9)14(17)18/h3,6-7,9-10,15H,2,4-5,8H2,1H3,(H,17,18). The summed E-state index contributed by atoms with van der Waals surface area (Å²) in [5, 5.41) is 23.3. The van der Waals surface area contributed by atoms with E-state index in [0.717, 1.165) is 12.8 Å². The SMILES string of the molecule is COc1cccc(NCC2CCCC2C(=O)O)c1[N+](=O)[O-]. The van der Waals surface area contributed by atoms with Crippen molar-refractivity contribution in [2.45, 2.75) is 19.3 Å². The summed E-state index contributed by atoms with van der Waals surface area (Å²) in [6.45, 7) is 0.408. The summed E-state index contributed by atoms with van der Waals surface area (Å²) >= 11 is 0. The van der Waals surface area contributed by atoms with E-state index in [4.69, 9.17) is 9.84 Å². The fourth-order valence-corrected chi connectivity index (χ4v) is 2.87. The maximum absolute atomic E-state index is 11.2. The van der Waals surface area contributed by atoms with Crippen molar-refractivity contribution in [2.24, 2.45) is 11.8 Å². The van der Waals surface area contributed by atoms with Gasteiger partial charge in [-0.05, 0) is 30.9 Å². The van der Waals surface area contributed by atoms with Crippen molar-refractivity contribution in [3.63, 3.8) is 0 Å². The Labute approximate surface area is 122 Å². The van der Waals surface area contributed by atoms with E-state index in [0.29, 0.717) is 18.7 Å². The topological polar surface area (TPSA) is 102 Å². The van der Waals surface area contributed by atoms with Gasteiger partial charge in [-0.3, -0.25) is 14.9 Å². The molecule has 1 aromatic rings. The number of hydrogen-bond acceptors (Lipinski definition) is 5. The number of para-hydroxylation sites is 1. The fraction of sp³-hybridized carbons (Fsp3) is 0.500. The molecule has 114 valence electrons. The van der Waals surface area contributed by atoms with Gasteiger partial charge in [-0.25, -0.2) is 0 Å². The van der Waals surface area contributed by atoms with Gasteiger partial charge in [-0.1, -0.05) is 12.5 Å². The number of carbonyl (C=O) groups is 1. The highest BCUT2D eigenvalue weighted by molar-refractivity contribution is 5.71. The predicted octanol–water partition coefficient (Wildman–Crippen LogP) is 2.52. The summed E-state index contributed by atoms with van der Waals surface area (Å²) in [7, 11) is 1.38. The second kappa shape index (κ2) is 6.43. The van der Waals surface area contributed by atoms with Crippen LogP contribution in [0.15, 0.2) is 18.2 Å². The molecule has 7 nitrogen and oxygen atoms in total. The molecule has 2 unspecified atom stereocenters. The summed E-state index contributed by atoms with van der Waals surface area (Å²) in [6, 6.07) is 4.79. The van der Waals surface area contributed by atoms with Crippen LogP contribution in [0.5, 0.6) is 5.75 Å². The number of anilines is 1. The Morgan fingerprint density at radius 1 is 1.52 bits per heavy atom. The van der Waals surface area contributed by atoms with Crippen LogP contribution in [0.25, 0.3) is 0 Å². The zero-order valence-corrected chi connectivity index (χ0v) is 11.7. The van der Waals surface area contributed by atoms with Crippen LogP contribution in [-0.4, -0.2) is 29.7 Å². The van der Waals surface area contributed by atoms with E-state index in [1.54, 1.807) is 12.1 Å². The largest absolute Gasteiger partial charge is 0.490 e. The first kappa shape index (κ1) is 15.1. The van der Waals surface area contributed by atoms with Crippen molar-refractivity contribution in [3.05, 3.63) is 28.3 Å². The van der Waals surface area contributed by atoms with Gasteiger partial charge in [-0.15, -0.1) is 0 Å². The number of nitrogens with one attached hydrogen (secondary N) is 1. The third kappa shape index (κ3) is 3.24. The molecular weight excluding hydrogens is 276 g/mol. The van der Waals surface area contributed by atoms with E-state index in [9.17, 15) is 14.9 Å². The maximum Gasteiger partial charge on any atom is 0.333 e. The molecule has 1 fully saturated rings. The zero-order chi connectivity index (χ0) is 15.4. The molecular formula is C14H18N2O5. The minimum Gasteiger partial charge on any atom is -0.490 e. The number of carboxylic acids is 1. The quantitative estimate of drug-likeness (QED) is 0.617. The number of aliphatic carboxylic acids is 1. The number of nitro benzene ring substituents is 1. The number of hydrogen-bond donors (Lipinski definition) is 2. The van der Waals surface area contributed by atoms with Gasteiger partial charge in [0.15, 0.2) is 5.75 Å². The van der Waals surface area contributed by atoms with Crippen molar-refractivity contribution >= 4 is 17.3 Å². The van der Waals surface area contributed by atoms with Crippen molar-refractivity contribution in [2.75, 3.05) is 19.0 Å².